The second-order valence-electron chi connectivity index (χ2n) is 10.3. The number of aromatic nitrogens is 3. The van der Waals surface area contributed by atoms with E-state index in [0.717, 1.165) is 29.8 Å². The Kier molecular flexibility index (Phi) is 6.14. The maximum atomic E-state index is 9.58. The van der Waals surface area contributed by atoms with Crippen LogP contribution in [0, 0.1) is 17.2 Å². The fourth-order valence-electron chi connectivity index (χ4n) is 4.10. The Balaban J connectivity index is 1.45. The molecule has 1 fully saturated rings. The molecular formula is C24H32N6OSi. The molecule has 1 atom stereocenters. The van der Waals surface area contributed by atoms with Gasteiger partial charge in [-0.3, -0.25) is 0 Å². The zero-order valence-corrected chi connectivity index (χ0v) is 20.6. The van der Waals surface area contributed by atoms with E-state index in [0.29, 0.717) is 30.0 Å². The van der Waals surface area contributed by atoms with Gasteiger partial charge in [-0.2, -0.15) is 5.26 Å². The van der Waals surface area contributed by atoms with E-state index < -0.39 is 8.32 Å². The number of fused-ring (bicyclic) bond motifs is 1. The Morgan fingerprint density at radius 2 is 1.91 bits per heavy atom. The minimum atomic E-state index is -1.80. The van der Waals surface area contributed by atoms with E-state index in [2.05, 4.69) is 60.2 Å². The van der Waals surface area contributed by atoms with Gasteiger partial charge in [-0.15, -0.1) is 0 Å². The van der Waals surface area contributed by atoms with Gasteiger partial charge in [0.2, 0.25) is 5.95 Å². The highest BCUT2D eigenvalue weighted by atomic mass is 28.4. The molecule has 2 aromatic heterocycles. The van der Waals surface area contributed by atoms with Gasteiger partial charge < -0.3 is 9.74 Å². The van der Waals surface area contributed by atoms with Gasteiger partial charge in [-0.05, 0) is 48.5 Å². The number of nitrogens with one attached hydrogen (secondary N) is 1. The van der Waals surface area contributed by atoms with Crippen molar-refractivity contribution in [1.29, 1.82) is 5.26 Å². The molecule has 1 saturated carbocycles. The number of nitrogens with zero attached hydrogens (tertiary/aromatic N) is 5. The summed E-state index contributed by atoms with van der Waals surface area (Å²) in [5, 5.41) is 13.0. The van der Waals surface area contributed by atoms with Crippen molar-refractivity contribution in [3.05, 3.63) is 35.8 Å². The first-order valence-corrected chi connectivity index (χ1v) is 14.3. The number of anilines is 2. The normalized spacial score (nSPS) is 18.9. The summed E-state index contributed by atoms with van der Waals surface area (Å²) in [5.74, 6) is 1.59. The smallest absolute Gasteiger partial charge is 0.228 e. The summed E-state index contributed by atoms with van der Waals surface area (Å²) in [4.78, 5) is 18.2. The van der Waals surface area contributed by atoms with Crippen LogP contribution in [-0.2, 0) is 11.0 Å². The van der Waals surface area contributed by atoms with E-state index in [-0.39, 0.29) is 11.0 Å². The molecule has 0 aromatic carbocycles. The minimum Gasteiger partial charge on any atom is -0.413 e. The van der Waals surface area contributed by atoms with Crippen molar-refractivity contribution >= 4 is 31.5 Å². The van der Waals surface area contributed by atoms with Crippen LogP contribution in [0.15, 0.2) is 29.5 Å². The maximum Gasteiger partial charge on any atom is 0.228 e. The lowest BCUT2D eigenvalue weighted by atomic mass is 9.85. The summed E-state index contributed by atoms with van der Waals surface area (Å²) in [6, 6.07) is 6.23. The van der Waals surface area contributed by atoms with Crippen LogP contribution in [0.4, 0.5) is 17.5 Å². The topological polar surface area (TPSA) is 96.1 Å². The average molecular weight is 449 g/mol. The molecule has 7 nitrogen and oxygen atoms in total. The van der Waals surface area contributed by atoms with Gasteiger partial charge in [0.25, 0.3) is 0 Å². The fraction of sp³-hybridized carbons (Fsp3) is 0.542. The van der Waals surface area contributed by atoms with Crippen LogP contribution in [0.25, 0.3) is 0 Å². The van der Waals surface area contributed by atoms with E-state index in [1.54, 1.807) is 6.20 Å². The molecule has 8 heteroatoms. The third-order valence-corrected chi connectivity index (χ3v) is 11.6. The van der Waals surface area contributed by atoms with Crippen LogP contribution >= 0.6 is 0 Å². The number of nitriles is 1. The summed E-state index contributed by atoms with van der Waals surface area (Å²) in [6.45, 7) is 11.8. The van der Waals surface area contributed by atoms with Crippen molar-refractivity contribution in [3.63, 3.8) is 0 Å². The third-order valence-electron chi connectivity index (χ3n) is 7.08. The summed E-state index contributed by atoms with van der Waals surface area (Å²) < 4.78 is 6.28. The van der Waals surface area contributed by atoms with Gasteiger partial charge in [0.1, 0.15) is 23.3 Å². The van der Waals surface area contributed by atoms with Crippen molar-refractivity contribution < 1.29 is 4.43 Å². The Morgan fingerprint density at radius 3 is 2.53 bits per heavy atom. The molecule has 1 aliphatic carbocycles. The molecule has 2 aliphatic rings. The van der Waals surface area contributed by atoms with E-state index in [4.69, 9.17) is 9.41 Å². The molecule has 0 bridgehead atoms. The van der Waals surface area contributed by atoms with Crippen molar-refractivity contribution in [2.75, 3.05) is 5.32 Å². The number of pyridine rings is 1. The zero-order chi connectivity index (χ0) is 22.9. The Bertz CT molecular complexity index is 1050. The molecule has 32 heavy (non-hydrogen) atoms. The van der Waals surface area contributed by atoms with E-state index in [9.17, 15) is 5.26 Å². The van der Waals surface area contributed by atoms with Gasteiger partial charge in [0.05, 0.1) is 24.4 Å². The Hall–Kier alpha value is -2.63. The molecule has 1 N–H and O–H groups in total. The lowest BCUT2D eigenvalue weighted by molar-refractivity contribution is 0.276. The molecule has 0 spiro atoms. The van der Waals surface area contributed by atoms with Gasteiger partial charge >= 0.3 is 0 Å². The maximum absolute atomic E-state index is 9.58. The van der Waals surface area contributed by atoms with Crippen LogP contribution < -0.4 is 5.32 Å². The molecule has 2 aromatic rings. The Morgan fingerprint density at radius 1 is 1.16 bits per heavy atom. The largest absolute Gasteiger partial charge is 0.413 e. The van der Waals surface area contributed by atoms with Crippen LogP contribution in [0.5, 0.6) is 0 Å². The Labute approximate surface area is 191 Å². The molecule has 0 saturated heterocycles. The molecule has 0 radical (unpaired) electrons. The van der Waals surface area contributed by atoms with E-state index in [1.165, 1.54) is 12.8 Å². The molecule has 3 heterocycles. The van der Waals surface area contributed by atoms with E-state index in [1.807, 2.05) is 18.3 Å². The monoisotopic (exact) mass is 448 g/mol. The number of hydrogen-bond donors (Lipinski definition) is 1. The first-order chi connectivity index (χ1) is 15.2. The molecule has 4 rings (SSSR count). The predicted molar refractivity (Wildman–Crippen MR) is 129 cm³/mol. The number of rotatable bonds is 6. The highest BCUT2D eigenvalue weighted by Gasteiger charge is 2.38. The first-order valence-electron chi connectivity index (χ1n) is 11.4. The van der Waals surface area contributed by atoms with Crippen molar-refractivity contribution in [3.8, 4) is 6.07 Å². The molecule has 1 aliphatic heterocycles. The molecule has 0 amide bonds. The number of hydrogen-bond acceptors (Lipinski definition) is 7. The number of aliphatic imine (C=N–C) groups is 1. The second kappa shape index (κ2) is 8.72. The summed E-state index contributed by atoms with van der Waals surface area (Å²) in [5.41, 5.74) is 3.20. The van der Waals surface area contributed by atoms with E-state index >= 15 is 0 Å². The second-order valence-corrected chi connectivity index (χ2v) is 15.1. The van der Waals surface area contributed by atoms with Gasteiger partial charge in [-0.25, -0.2) is 19.9 Å². The molecule has 1 unspecified atom stereocenters. The summed E-state index contributed by atoms with van der Waals surface area (Å²) in [7, 11) is -1.80. The van der Waals surface area contributed by atoms with Crippen LogP contribution in [0.3, 0.4) is 0 Å². The summed E-state index contributed by atoms with van der Waals surface area (Å²) >= 11 is 0. The van der Waals surface area contributed by atoms with Gasteiger partial charge in [0, 0.05) is 6.20 Å². The van der Waals surface area contributed by atoms with Crippen LogP contribution in [0.2, 0.25) is 18.1 Å². The summed E-state index contributed by atoms with van der Waals surface area (Å²) in [6.07, 6.45) is 8.20. The van der Waals surface area contributed by atoms with Gasteiger partial charge in [-0.1, -0.05) is 39.7 Å². The quantitative estimate of drug-likeness (QED) is 0.543. The SMILES string of the molecule is CC(C)(C)[Si](C)(C)OCc1ccc(Nc2ncc3c(n2)C(C2CCCC2)C(C#N)=N3)nc1. The first kappa shape index (κ1) is 22.6. The lowest BCUT2D eigenvalue weighted by Crippen LogP contribution is -2.40. The fourth-order valence-corrected chi connectivity index (χ4v) is 5.06. The average Bonchev–Trinajstić information content (AvgIpc) is 3.39. The third kappa shape index (κ3) is 4.59. The highest BCUT2D eigenvalue weighted by molar-refractivity contribution is 6.74. The van der Waals surface area contributed by atoms with Crippen molar-refractivity contribution in [1.82, 2.24) is 15.0 Å². The van der Waals surface area contributed by atoms with Crippen molar-refractivity contribution in [2.45, 2.75) is 77.1 Å². The minimum absolute atomic E-state index is 0.0103. The zero-order valence-electron chi connectivity index (χ0n) is 19.6. The highest BCUT2D eigenvalue weighted by Crippen LogP contribution is 2.44. The lowest BCUT2D eigenvalue weighted by Gasteiger charge is -2.36. The predicted octanol–water partition coefficient (Wildman–Crippen LogP) is 6.02. The standard InChI is InChI=1S/C24H32N6OSi/c1-24(2,3)32(4,5)31-15-16-10-11-20(26-13-16)29-23-27-14-19-22(30-23)21(18(12-25)28-19)17-8-6-7-9-17/h10-11,13-14,17,21H,6-9,15H2,1-5H3,(H,26,27,29,30). The van der Waals surface area contributed by atoms with Crippen LogP contribution in [0.1, 0.15) is 63.6 Å². The van der Waals surface area contributed by atoms with Gasteiger partial charge in [0.15, 0.2) is 8.32 Å². The molecular weight excluding hydrogens is 416 g/mol. The van der Waals surface area contributed by atoms with Crippen LogP contribution in [-0.4, -0.2) is 29.0 Å². The van der Waals surface area contributed by atoms with Crippen molar-refractivity contribution in [2.24, 2.45) is 10.9 Å². The molecule has 168 valence electrons.